The summed E-state index contributed by atoms with van der Waals surface area (Å²) in [6.07, 6.45) is 1.37. The molecule has 1 saturated heterocycles. The number of carbonyl (C=O) groups excluding carboxylic acids is 1. The molecule has 2 heterocycles. The smallest absolute Gasteiger partial charge is 0.261 e. The maximum absolute atomic E-state index is 13.8. The fraction of sp³-hybridized carbons (Fsp3) is 0.500. The molecule has 0 bridgehead atoms. The molecule has 0 N–H and O–H groups in total. The third-order valence-electron chi connectivity index (χ3n) is 4.44. The summed E-state index contributed by atoms with van der Waals surface area (Å²) >= 11 is 0. The molecule has 1 fully saturated rings. The molecule has 1 aliphatic rings. The zero-order valence-electron chi connectivity index (χ0n) is 14.7. The molecule has 7 heteroatoms. The van der Waals surface area contributed by atoms with Crippen molar-refractivity contribution >= 4 is 5.91 Å². The van der Waals surface area contributed by atoms with Crippen LogP contribution in [-0.2, 0) is 4.79 Å². The molecule has 0 unspecified atom stereocenters. The number of amides is 1. The van der Waals surface area contributed by atoms with Gasteiger partial charge in [-0.25, -0.2) is 4.39 Å². The molecular weight excluding hydrogens is 325 g/mol. The number of hydrogen-bond acceptors (Lipinski definition) is 5. The van der Waals surface area contributed by atoms with Gasteiger partial charge in [-0.2, -0.15) is 4.98 Å². The molecule has 6 nitrogen and oxygen atoms in total. The summed E-state index contributed by atoms with van der Waals surface area (Å²) in [4.78, 5) is 18.1. The minimum atomic E-state index is -1.84. The van der Waals surface area contributed by atoms with Crippen molar-refractivity contribution in [1.82, 2.24) is 15.0 Å². The van der Waals surface area contributed by atoms with E-state index in [2.05, 4.69) is 10.1 Å². The lowest BCUT2D eigenvalue weighted by Gasteiger charge is -2.33. The van der Waals surface area contributed by atoms with Crippen molar-refractivity contribution in [3.8, 4) is 17.2 Å². The highest BCUT2D eigenvalue weighted by Crippen LogP contribution is 2.32. The van der Waals surface area contributed by atoms with E-state index in [1.54, 1.807) is 12.0 Å². The fourth-order valence-electron chi connectivity index (χ4n) is 3.05. The average molecular weight is 347 g/mol. The van der Waals surface area contributed by atoms with Gasteiger partial charge in [0.05, 0.1) is 12.7 Å². The van der Waals surface area contributed by atoms with Crippen molar-refractivity contribution in [2.75, 3.05) is 20.2 Å². The Morgan fingerprint density at radius 3 is 2.64 bits per heavy atom. The summed E-state index contributed by atoms with van der Waals surface area (Å²) < 4.78 is 24.5. The van der Waals surface area contributed by atoms with Crippen LogP contribution in [0, 0.1) is 0 Å². The Labute approximate surface area is 146 Å². The van der Waals surface area contributed by atoms with Gasteiger partial charge in [-0.3, -0.25) is 4.79 Å². The Hall–Kier alpha value is -2.44. The number of likely N-dealkylation sites (tertiary alicyclic amines) is 1. The number of hydrogen-bond donors (Lipinski definition) is 0. The minimum absolute atomic E-state index is 0.0963. The van der Waals surface area contributed by atoms with Crippen molar-refractivity contribution < 1.29 is 18.4 Å². The monoisotopic (exact) mass is 347 g/mol. The lowest BCUT2D eigenvalue weighted by molar-refractivity contribution is -0.143. The van der Waals surface area contributed by atoms with Crippen LogP contribution in [0.15, 0.2) is 28.8 Å². The Bertz CT molecular complexity index is 746. The van der Waals surface area contributed by atoms with Crippen LogP contribution in [0.4, 0.5) is 4.39 Å². The first-order valence-corrected chi connectivity index (χ1v) is 8.35. The SMILES string of the molecule is COc1ccccc1-c1nc(C2CCN(C(=O)C(C)(C)F)CC2)no1. The summed E-state index contributed by atoms with van der Waals surface area (Å²) in [5, 5.41) is 4.09. The van der Waals surface area contributed by atoms with Crippen molar-refractivity contribution in [3.05, 3.63) is 30.1 Å². The molecule has 1 aromatic heterocycles. The highest BCUT2D eigenvalue weighted by molar-refractivity contribution is 5.84. The van der Waals surface area contributed by atoms with E-state index in [0.29, 0.717) is 43.4 Å². The lowest BCUT2D eigenvalue weighted by atomic mass is 9.95. The quantitative estimate of drug-likeness (QED) is 0.849. The topological polar surface area (TPSA) is 68.5 Å². The van der Waals surface area contributed by atoms with Gasteiger partial charge in [0.2, 0.25) is 0 Å². The highest BCUT2D eigenvalue weighted by atomic mass is 19.1. The van der Waals surface area contributed by atoms with E-state index in [1.807, 2.05) is 24.3 Å². The summed E-state index contributed by atoms with van der Waals surface area (Å²) in [5.41, 5.74) is -1.09. The van der Waals surface area contributed by atoms with Crippen molar-refractivity contribution in [2.24, 2.45) is 0 Å². The summed E-state index contributed by atoms with van der Waals surface area (Å²) in [6, 6.07) is 7.45. The highest BCUT2D eigenvalue weighted by Gasteiger charge is 2.35. The summed E-state index contributed by atoms with van der Waals surface area (Å²) in [6.45, 7) is 3.57. The second kappa shape index (κ2) is 6.82. The molecule has 134 valence electrons. The number of rotatable bonds is 4. The van der Waals surface area contributed by atoms with Crippen LogP contribution in [-0.4, -0.2) is 46.8 Å². The number of halogens is 1. The van der Waals surface area contributed by atoms with Crippen LogP contribution in [0.2, 0.25) is 0 Å². The molecule has 25 heavy (non-hydrogen) atoms. The zero-order chi connectivity index (χ0) is 18.0. The van der Waals surface area contributed by atoms with Gasteiger partial charge in [0.15, 0.2) is 11.5 Å². The molecule has 0 atom stereocenters. The van der Waals surface area contributed by atoms with E-state index in [4.69, 9.17) is 9.26 Å². The molecule has 1 aliphatic heterocycles. The number of nitrogens with zero attached hydrogens (tertiary/aromatic N) is 3. The van der Waals surface area contributed by atoms with Gasteiger partial charge in [-0.05, 0) is 38.8 Å². The number of carbonyl (C=O) groups is 1. The normalized spacial score (nSPS) is 16.1. The first kappa shape index (κ1) is 17.4. The van der Waals surface area contributed by atoms with E-state index >= 15 is 0 Å². The number of methoxy groups -OCH3 is 1. The van der Waals surface area contributed by atoms with Gasteiger partial charge >= 0.3 is 0 Å². The van der Waals surface area contributed by atoms with E-state index in [1.165, 1.54) is 13.8 Å². The number of benzene rings is 1. The van der Waals surface area contributed by atoms with Crippen LogP contribution in [0.25, 0.3) is 11.5 Å². The average Bonchev–Trinajstić information content (AvgIpc) is 3.10. The predicted molar refractivity (Wildman–Crippen MR) is 90.0 cm³/mol. The van der Waals surface area contributed by atoms with Gasteiger partial charge in [0.1, 0.15) is 5.75 Å². The third-order valence-corrected chi connectivity index (χ3v) is 4.44. The summed E-state index contributed by atoms with van der Waals surface area (Å²) in [7, 11) is 1.59. The van der Waals surface area contributed by atoms with Crippen LogP contribution >= 0.6 is 0 Å². The Balaban J connectivity index is 1.69. The molecule has 0 aliphatic carbocycles. The molecular formula is C18H22FN3O3. The molecule has 0 spiro atoms. The third kappa shape index (κ3) is 3.65. The zero-order valence-corrected chi connectivity index (χ0v) is 14.7. The molecule has 0 radical (unpaired) electrons. The maximum Gasteiger partial charge on any atom is 0.261 e. The van der Waals surface area contributed by atoms with Crippen molar-refractivity contribution in [3.63, 3.8) is 0 Å². The maximum atomic E-state index is 13.8. The number of piperidine rings is 1. The van der Waals surface area contributed by atoms with E-state index in [0.717, 1.165) is 5.56 Å². The molecule has 1 aromatic carbocycles. The standard InChI is InChI=1S/C18H22FN3O3/c1-18(2,19)17(23)22-10-8-12(9-11-22)15-20-16(25-21-15)13-6-4-5-7-14(13)24-3/h4-7,12H,8-11H2,1-3H3. The second-order valence-electron chi connectivity index (χ2n) is 6.70. The van der Waals surface area contributed by atoms with E-state index in [-0.39, 0.29) is 5.92 Å². The largest absolute Gasteiger partial charge is 0.496 e. The van der Waals surface area contributed by atoms with E-state index < -0.39 is 11.6 Å². The Morgan fingerprint density at radius 2 is 2.00 bits per heavy atom. The van der Waals surface area contributed by atoms with Crippen LogP contribution in [0.1, 0.15) is 38.4 Å². The van der Waals surface area contributed by atoms with Gasteiger partial charge < -0.3 is 14.2 Å². The number of ether oxygens (including phenoxy) is 1. The molecule has 2 aromatic rings. The van der Waals surface area contributed by atoms with Crippen LogP contribution in [0.3, 0.4) is 0 Å². The van der Waals surface area contributed by atoms with Crippen molar-refractivity contribution in [1.29, 1.82) is 0 Å². The van der Waals surface area contributed by atoms with Crippen LogP contribution in [0.5, 0.6) is 5.75 Å². The first-order valence-electron chi connectivity index (χ1n) is 8.35. The Kier molecular flexibility index (Phi) is 4.74. The second-order valence-corrected chi connectivity index (χ2v) is 6.70. The minimum Gasteiger partial charge on any atom is -0.496 e. The van der Waals surface area contributed by atoms with Gasteiger partial charge in [0.25, 0.3) is 11.8 Å². The van der Waals surface area contributed by atoms with Gasteiger partial charge in [-0.1, -0.05) is 17.3 Å². The summed E-state index contributed by atoms with van der Waals surface area (Å²) in [5.74, 6) is 1.33. The molecule has 1 amide bonds. The molecule has 0 saturated carbocycles. The predicted octanol–water partition coefficient (Wildman–Crippen LogP) is 3.20. The van der Waals surface area contributed by atoms with E-state index in [9.17, 15) is 9.18 Å². The number of para-hydroxylation sites is 1. The molecule has 3 rings (SSSR count). The number of alkyl halides is 1. The van der Waals surface area contributed by atoms with Crippen LogP contribution < -0.4 is 4.74 Å². The Morgan fingerprint density at radius 1 is 1.32 bits per heavy atom. The lowest BCUT2D eigenvalue weighted by Crippen LogP contribution is -2.46. The van der Waals surface area contributed by atoms with Gasteiger partial charge in [-0.15, -0.1) is 0 Å². The number of aromatic nitrogens is 2. The van der Waals surface area contributed by atoms with Crippen molar-refractivity contribution in [2.45, 2.75) is 38.3 Å². The van der Waals surface area contributed by atoms with Gasteiger partial charge in [0, 0.05) is 19.0 Å². The fourth-order valence-corrected chi connectivity index (χ4v) is 3.05. The first-order chi connectivity index (χ1) is 11.9.